The Morgan fingerprint density at radius 3 is 2.96 bits per heavy atom. The average molecular weight is 373 g/mol. The third kappa shape index (κ3) is 4.14. The molecule has 4 rings (SSSR count). The van der Waals surface area contributed by atoms with Crippen LogP contribution in [0.25, 0.3) is 0 Å². The van der Waals surface area contributed by atoms with E-state index in [9.17, 15) is 14.7 Å². The highest BCUT2D eigenvalue weighted by Crippen LogP contribution is 2.37. The second kappa shape index (κ2) is 7.56. The zero-order valence-corrected chi connectivity index (χ0v) is 15.5. The van der Waals surface area contributed by atoms with Crippen molar-refractivity contribution < 1.29 is 19.4 Å². The van der Waals surface area contributed by atoms with Crippen LogP contribution < -0.4 is 5.32 Å². The number of pyridine rings is 1. The predicted molar refractivity (Wildman–Crippen MR) is 98.8 cm³/mol. The molecule has 0 bridgehead atoms. The Hall–Kier alpha value is -1.99. The Kier molecular flexibility index (Phi) is 5.14. The quantitative estimate of drug-likeness (QED) is 0.836. The van der Waals surface area contributed by atoms with E-state index >= 15 is 0 Å². The van der Waals surface area contributed by atoms with Crippen LogP contribution in [0.2, 0.25) is 0 Å². The molecule has 3 fully saturated rings. The maximum atomic E-state index is 12.6. The van der Waals surface area contributed by atoms with Crippen LogP contribution in [0.1, 0.15) is 38.5 Å². The van der Waals surface area contributed by atoms with Gasteiger partial charge in [-0.25, -0.2) is 0 Å². The number of nitrogens with zero attached hydrogens (tertiary/aromatic N) is 2. The van der Waals surface area contributed by atoms with Gasteiger partial charge < -0.3 is 20.1 Å². The summed E-state index contributed by atoms with van der Waals surface area (Å²) in [6.07, 6.45) is 7.57. The number of piperidine rings is 1. The molecule has 0 aromatic carbocycles. The number of ether oxygens (including phenoxy) is 1. The monoisotopic (exact) mass is 373 g/mol. The summed E-state index contributed by atoms with van der Waals surface area (Å²) in [6, 6.07) is 3.59. The van der Waals surface area contributed by atoms with Gasteiger partial charge >= 0.3 is 0 Å². The summed E-state index contributed by atoms with van der Waals surface area (Å²) in [4.78, 5) is 31.0. The maximum absolute atomic E-state index is 12.6. The van der Waals surface area contributed by atoms with E-state index in [1.165, 1.54) is 0 Å². The third-order valence-electron chi connectivity index (χ3n) is 6.18. The van der Waals surface area contributed by atoms with Gasteiger partial charge in [0.15, 0.2) is 0 Å². The third-order valence-corrected chi connectivity index (χ3v) is 6.18. The highest BCUT2D eigenvalue weighted by Gasteiger charge is 2.42. The molecule has 2 N–H and O–H groups in total. The molecule has 7 nitrogen and oxygen atoms in total. The van der Waals surface area contributed by atoms with E-state index in [0.717, 1.165) is 25.7 Å². The van der Waals surface area contributed by atoms with Gasteiger partial charge in [0.25, 0.3) is 0 Å². The summed E-state index contributed by atoms with van der Waals surface area (Å²) < 4.78 is 5.95. The molecule has 3 aliphatic rings. The minimum atomic E-state index is -0.789. The molecule has 0 radical (unpaired) electrons. The molecule has 3 atom stereocenters. The molecule has 2 saturated heterocycles. The van der Waals surface area contributed by atoms with Crippen LogP contribution in [-0.2, 0) is 14.3 Å². The molecule has 2 amide bonds. The van der Waals surface area contributed by atoms with Crippen molar-refractivity contribution in [1.29, 1.82) is 0 Å². The van der Waals surface area contributed by atoms with Crippen LogP contribution in [0.15, 0.2) is 24.5 Å². The maximum Gasteiger partial charge on any atom is 0.229 e. The van der Waals surface area contributed by atoms with Gasteiger partial charge in [0.05, 0.1) is 42.5 Å². The van der Waals surface area contributed by atoms with Crippen molar-refractivity contribution >= 4 is 17.5 Å². The first-order chi connectivity index (χ1) is 13.0. The molecular formula is C20H27N3O4. The molecule has 1 saturated carbocycles. The number of likely N-dealkylation sites (tertiary alicyclic amines) is 1. The molecule has 27 heavy (non-hydrogen) atoms. The summed E-state index contributed by atoms with van der Waals surface area (Å²) in [6.45, 7) is 1.69. The normalized spacial score (nSPS) is 29.4. The molecular weight excluding hydrogens is 346 g/mol. The lowest BCUT2D eigenvalue weighted by atomic mass is 9.77. The number of carbonyl (C=O) groups is 2. The topological polar surface area (TPSA) is 91.8 Å². The highest BCUT2D eigenvalue weighted by molar-refractivity contribution is 5.92. The minimum Gasteiger partial charge on any atom is -0.389 e. The molecule has 0 unspecified atom stereocenters. The summed E-state index contributed by atoms with van der Waals surface area (Å²) in [5.41, 5.74) is -0.109. The van der Waals surface area contributed by atoms with Crippen LogP contribution in [0.4, 0.5) is 5.69 Å². The molecule has 3 heterocycles. The number of hydrogen-bond donors (Lipinski definition) is 2. The van der Waals surface area contributed by atoms with Crippen molar-refractivity contribution in [3.05, 3.63) is 24.5 Å². The van der Waals surface area contributed by atoms with Gasteiger partial charge in [-0.3, -0.25) is 14.6 Å². The molecule has 0 spiro atoms. The second-order valence-corrected chi connectivity index (χ2v) is 8.18. The van der Waals surface area contributed by atoms with Gasteiger partial charge in [0, 0.05) is 25.2 Å². The molecule has 146 valence electrons. The van der Waals surface area contributed by atoms with Crippen LogP contribution in [0.3, 0.4) is 0 Å². The van der Waals surface area contributed by atoms with E-state index in [1.807, 2.05) is 11.0 Å². The number of fused-ring (bicyclic) bond motifs is 1. The van der Waals surface area contributed by atoms with E-state index < -0.39 is 5.60 Å². The summed E-state index contributed by atoms with van der Waals surface area (Å²) in [7, 11) is 0. The van der Waals surface area contributed by atoms with Crippen molar-refractivity contribution in [2.75, 3.05) is 25.0 Å². The van der Waals surface area contributed by atoms with E-state index in [1.54, 1.807) is 18.5 Å². The first kappa shape index (κ1) is 18.4. The number of anilines is 1. The second-order valence-electron chi connectivity index (χ2n) is 8.18. The number of nitrogens with one attached hydrogen (secondary N) is 1. The lowest BCUT2D eigenvalue weighted by molar-refractivity contribution is -0.150. The molecule has 1 aromatic heterocycles. The van der Waals surface area contributed by atoms with Gasteiger partial charge in [-0.1, -0.05) is 0 Å². The van der Waals surface area contributed by atoms with Gasteiger partial charge in [0.2, 0.25) is 11.8 Å². The number of aromatic nitrogens is 1. The number of rotatable bonds is 4. The SMILES string of the molecule is O=C(Nc1cccnc1)[C@@H]1CO[C@@H]2CCN(C(=O)CC3(O)CCC3)C[C@@H]2C1. The van der Waals surface area contributed by atoms with Crippen molar-refractivity contribution in [1.82, 2.24) is 9.88 Å². The van der Waals surface area contributed by atoms with E-state index in [0.29, 0.717) is 31.8 Å². The first-order valence-electron chi connectivity index (χ1n) is 9.85. The zero-order chi connectivity index (χ0) is 18.9. The first-order valence-corrected chi connectivity index (χ1v) is 9.85. The Bertz CT molecular complexity index is 692. The Morgan fingerprint density at radius 1 is 1.41 bits per heavy atom. The van der Waals surface area contributed by atoms with Gasteiger partial charge in [-0.2, -0.15) is 0 Å². The van der Waals surface area contributed by atoms with E-state index in [-0.39, 0.29) is 36.2 Å². The fourth-order valence-corrected chi connectivity index (χ4v) is 4.37. The number of hydrogen-bond acceptors (Lipinski definition) is 5. The highest BCUT2D eigenvalue weighted by atomic mass is 16.5. The number of amides is 2. The number of carbonyl (C=O) groups excluding carboxylic acids is 2. The number of aliphatic hydroxyl groups is 1. The minimum absolute atomic E-state index is 0.0255. The van der Waals surface area contributed by atoms with E-state index in [2.05, 4.69) is 10.3 Å². The standard InChI is InChI=1S/C20H27N3O4/c24-18(10-20(26)5-2-6-20)23-8-4-17-14(12-23)9-15(13-27-17)19(25)22-16-3-1-7-21-11-16/h1,3,7,11,14-15,17,26H,2,4-6,8-10,12-13H2,(H,22,25)/t14-,15-,17+/m0/s1. The van der Waals surface area contributed by atoms with Gasteiger partial charge in [-0.05, 0) is 44.2 Å². The van der Waals surface area contributed by atoms with Crippen molar-refractivity contribution in [2.24, 2.45) is 11.8 Å². The Labute approximate surface area is 159 Å². The average Bonchev–Trinajstić information content (AvgIpc) is 2.66. The Morgan fingerprint density at radius 2 is 2.26 bits per heavy atom. The summed E-state index contributed by atoms with van der Waals surface area (Å²) >= 11 is 0. The lowest BCUT2D eigenvalue weighted by Crippen LogP contribution is -2.53. The fraction of sp³-hybridized carbons (Fsp3) is 0.650. The van der Waals surface area contributed by atoms with Crippen LogP contribution in [0, 0.1) is 11.8 Å². The largest absolute Gasteiger partial charge is 0.389 e. The Balaban J connectivity index is 1.33. The van der Waals surface area contributed by atoms with Crippen molar-refractivity contribution in [2.45, 2.75) is 50.2 Å². The van der Waals surface area contributed by atoms with Gasteiger partial charge in [-0.15, -0.1) is 0 Å². The van der Waals surface area contributed by atoms with Crippen molar-refractivity contribution in [3.63, 3.8) is 0 Å². The lowest BCUT2D eigenvalue weighted by Gasteiger charge is -2.44. The summed E-state index contributed by atoms with van der Waals surface area (Å²) in [5, 5.41) is 13.2. The molecule has 1 aromatic rings. The van der Waals surface area contributed by atoms with Crippen LogP contribution in [0.5, 0.6) is 0 Å². The zero-order valence-electron chi connectivity index (χ0n) is 15.5. The van der Waals surface area contributed by atoms with Crippen molar-refractivity contribution in [3.8, 4) is 0 Å². The molecule has 2 aliphatic heterocycles. The van der Waals surface area contributed by atoms with Gasteiger partial charge in [0.1, 0.15) is 0 Å². The summed E-state index contributed by atoms with van der Waals surface area (Å²) in [5.74, 6) is -0.0966. The fourth-order valence-electron chi connectivity index (χ4n) is 4.37. The van der Waals surface area contributed by atoms with E-state index in [4.69, 9.17) is 4.74 Å². The van der Waals surface area contributed by atoms with Crippen LogP contribution >= 0.6 is 0 Å². The molecule has 1 aliphatic carbocycles. The predicted octanol–water partition coefficient (Wildman–Crippen LogP) is 1.58. The van der Waals surface area contributed by atoms with Crippen LogP contribution in [-0.4, -0.2) is 58.2 Å². The molecule has 7 heteroatoms. The smallest absolute Gasteiger partial charge is 0.229 e.